The van der Waals surface area contributed by atoms with Gasteiger partial charge in [0.1, 0.15) is 6.10 Å². The van der Waals surface area contributed by atoms with Crippen molar-refractivity contribution in [2.45, 2.75) is 46.6 Å². The molecule has 3 nitrogen and oxygen atoms in total. The summed E-state index contributed by atoms with van der Waals surface area (Å²) in [7, 11) is 0. The smallest absolute Gasteiger partial charge is 0.410 e. The molecule has 1 aliphatic heterocycles. The first-order chi connectivity index (χ1) is 6.38. The summed E-state index contributed by atoms with van der Waals surface area (Å²) in [6, 6.07) is 0. The Morgan fingerprint density at radius 3 is 2.36 bits per heavy atom. The summed E-state index contributed by atoms with van der Waals surface area (Å²) < 4.78 is 5.32. The van der Waals surface area contributed by atoms with Crippen molar-refractivity contribution in [3.63, 3.8) is 0 Å². The SMILES string of the molecule is CC(CC(C)(C)C)OC(=O)N1CCC1. The summed E-state index contributed by atoms with van der Waals surface area (Å²) in [6.45, 7) is 10.1. The molecule has 82 valence electrons. The molecule has 0 bridgehead atoms. The lowest BCUT2D eigenvalue weighted by molar-refractivity contribution is 0.0383. The highest BCUT2D eigenvalue weighted by molar-refractivity contribution is 5.68. The average molecular weight is 199 g/mol. The van der Waals surface area contributed by atoms with Crippen LogP contribution >= 0.6 is 0 Å². The van der Waals surface area contributed by atoms with Crippen molar-refractivity contribution in [2.24, 2.45) is 5.41 Å². The van der Waals surface area contributed by atoms with Gasteiger partial charge in [-0.25, -0.2) is 4.79 Å². The molecule has 1 fully saturated rings. The van der Waals surface area contributed by atoms with Crippen LogP contribution in [0.3, 0.4) is 0 Å². The van der Waals surface area contributed by atoms with Crippen molar-refractivity contribution in [3.05, 3.63) is 0 Å². The second-order valence-electron chi connectivity index (χ2n) is 5.30. The third-order valence-electron chi connectivity index (χ3n) is 2.32. The summed E-state index contributed by atoms with van der Waals surface area (Å²) >= 11 is 0. The molecular weight excluding hydrogens is 178 g/mol. The van der Waals surface area contributed by atoms with Crippen LogP contribution in [-0.4, -0.2) is 30.2 Å². The van der Waals surface area contributed by atoms with Gasteiger partial charge in [-0.15, -0.1) is 0 Å². The van der Waals surface area contributed by atoms with Gasteiger partial charge in [-0.05, 0) is 25.2 Å². The Bertz CT molecular complexity index is 204. The largest absolute Gasteiger partial charge is 0.446 e. The van der Waals surface area contributed by atoms with Gasteiger partial charge in [0, 0.05) is 13.1 Å². The van der Waals surface area contributed by atoms with E-state index < -0.39 is 0 Å². The van der Waals surface area contributed by atoms with E-state index in [1.807, 2.05) is 6.92 Å². The molecule has 1 rings (SSSR count). The molecule has 1 amide bonds. The number of carbonyl (C=O) groups excluding carboxylic acids is 1. The maximum absolute atomic E-state index is 11.4. The van der Waals surface area contributed by atoms with E-state index in [1.165, 1.54) is 0 Å². The van der Waals surface area contributed by atoms with Crippen LogP contribution in [0.5, 0.6) is 0 Å². The molecule has 1 unspecified atom stereocenters. The zero-order valence-electron chi connectivity index (χ0n) is 9.67. The molecule has 1 aliphatic rings. The minimum atomic E-state index is -0.145. The molecule has 0 N–H and O–H groups in total. The highest BCUT2D eigenvalue weighted by Gasteiger charge is 2.24. The first-order valence-corrected chi connectivity index (χ1v) is 5.34. The third-order valence-corrected chi connectivity index (χ3v) is 2.32. The van der Waals surface area contributed by atoms with Crippen molar-refractivity contribution in [3.8, 4) is 0 Å². The van der Waals surface area contributed by atoms with Gasteiger partial charge in [0.15, 0.2) is 0 Å². The molecule has 1 heterocycles. The maximum Gasteiger partial charge on any atom is 0.410 e. The number of carbonyl (C=O) groups is 1. The van der Waals surface area contributed by atoms with Gasteiger partial charge >= 0.3 is 6.09 Å². The molecular formula is C11H21NO2. The van der Waals surface area contributed by atoms with Gasteiger partial charge in [0.2, 0.25) is 0 Å². The summed E-state index contributed by atoms with van der Waals surface area (Å²) in [4.78, 5) is 13.2. The number of nitrogens with zero attached hydrogens (tertiary/aromatic N) is 1. The van der Waals surface area contributed by atoms with E-state index in [2.05, 4.69) is 20.8 Å². The van der Waals surface area contributed by atoms with Gasteiger partial charge in [-0.1, -0.05) is 20.8 Å². The Balaban J connectivity index is 2.25. The van der Waals surface area contributed by atoms with E-state index in [0.717, 1.165) is 25.9 Å². The lowest BCUT2D eigenvalue weighted by Gasteiger charge is -2.32. The molecule has 0 aromatic rings. The van der Waals surface area contributed by atoms with Crippen molar-refractivity contribution >= 4 is 6.09 Å². The topological polar surface area (TPSA) is 29.5 Å². The van der Waals surface area contributed by atoms with E-state index in [-0.39, 0.29) is 17.6 Å². The summed E-state index contributed by atoms with van der Waals surface area (Å²) in [5, 5.41) is 0. The van der Waals surface area contributed by atoms with Gasteiger partial charge in [-0.2, -0.15) is 0 Å². The fraction of sp³-hybridized carbons (Fsp3) is 0.909. The van der Waals surface area contributed by atoms with E-state index >= 15 is 0 Å². The van der Waals surface area contributed by atoms with Crippen molar-refractivity contribution < 1.29 is 9.53 Å². The van der Waals surface area contributed by atoms with Crippen LogP contribution in [0.25, 0.3) is 0 Å². The van der Waals surface area contributed by atoms with E-state index in [1.54, 1.807) is 4.90 Å². The highest BCUT2D eigenvalue weighted by Crippen LogP contribution is 2.22. The summed E-state index contributed by atoms with van der Waals surface area (Å²) in [5.74, 6) is 0. The van der Waals surface area contributed by atoms with Crippen LogP contribution in [-0.2, 0) is 4.74 Å². The Morgan fingerprint density at radius 2 is 2.00 bits per heavy atom. The molecule has 14 heavy (non-hydrogen) atoms. The lowest BCUT2D eigenvalue weighted by Crippen LogP contribution is -2.43. The van der Waals surface area contributed by atoms with Crippen LogP contribution in [0.2, 0.25) is 0 Å². The molecule has 3 heteroatoms. The molecule has 0 radical (unpaired) electrons. The monoisotopic (exact) mass is 199 g/mol. The fourth-order valence-corrected chi connectivity index (χ4v) is 1.65. The van der Waals surface area contributed by atoms with Gasteiger partial charge in [0.25, 0.3) is 0 Å². The number of likely N-dealkylation sites (tertiary alicyclic amines) is 1. The number of rotatable bonds is 2. The van der Waals surface area contributed by atoms with Gasteiger partial charge < -0.3 is 9.64 Å². The van der Waals surface area contributed by atoms with Crippen LogP contribution in [0.1, 0.15) is 40.5 Å². The first kappa shape index (κ1) is 11.3. The molecule has 0 spiro atoms. The highest BCUT2D eigenvalue weighted by atomic mass is 16.6. The number of hydrogen-bond acceptors (Lipinski definition) is 2. The molecule has 0 saturated carbocycles. The molecule has 1 atom stereocenters. The van der Waals surface area contributed by atoms with Crippen molar-refractivity contribution in [1.82, 2.24) is 4.90 Å². The lowest BCUT2D eigenvalue weighted by atomic mass is 9.90. The molecule has 1 saturated heterocycles. The predicted octanol–water partition coefficient (Wildman–Crippen LogP) is 2.65. The molecule has 0 aromatic carbocycles. The predicted molar refractivity (Wildman–Crippen MR) is 56.2 cm³/mol. The van der Waals surface area contributed by atoms with Crippen LogP contribution in [0, 0.1) is 5.41 Å². The van der Waals surface area contributed by atoms with Crippen LogP contribution in [0.4, 0.5) is 4.79 Å². The van der Waals surface area contributed by atoms with Crippen LogP contribution in [0.15, 0.2) is 0 Å². The van der Waals surface area contributed by atoms with E-state index in [0.29, 0.717) is 0 Å². The number of amides is 1. The third kappa shape index (κ3) is 3.56. The number of hydrogen-bond donors (Lipinski definition) is 0. The second kappa shape index (κ2) is 4.20. The minimum absolute atomic E-state index is 0.0168. The van der Waals surface area contributed by atoms with Gasteiger partial charge in [-0.3, -0.25) is 0 Å². The molecule has 0 aromatic heterocycles. The summed E-state index contributed by atoms with van der Waals surface area (Å²) in [5.41, 5.74) is 0.217. The zero-order chi connectivity index (χ0) is 10.8. The minimum Gasteiger partial charge on any atom is -0.446 e. The fourth-order valence-electron chi connectivity index (χ4n) is 1.65. The quantitative estimate of drug-likeness (QED) is 0.684. The summed E-state index contributed by atoms with van der Waals surface area (Å²) in [6.07, 6.45) is 1.89. The molecule has 0 aliphatic carbocycles. The Hall–Kier alpha value is -0.730. The maximum atomic E-state index is 11.4. The standard InChI is InChI=1S/C11H21NO2/c1-9(8-11(2,3)4)14-10(13)12-6-5-7-12/h9H,5-8H2,1-4H3. The Kier molecular flexibility index (Phi) is 3.40. The van der Waals surface area contributed by atoms with Crippen LogP contribution < -0.4 is 0 Å². The Labute approximate surface area is 86.4 Å². The Morgan fingerprint density at radius 1 is 1.43 bits per heavy atom. The zero-order valence-corrected chi connectivity index (χ0v) is 9.67. The van der Waals surface area contributed by atoms with Gasteiger partial charge in [0.05, 0.1) is 0 Å². The van der Waals surface area contributed by atoms with E-state index in [9.17, 15) is 4.79 Å². The first-order valence-electron chi connectivity index (χ1n) is 5.34. The average Bonchev–Trinajstić information content (AvgIpc) is 1.75. The number of ether oxygens (including phenoxy) is 1. The second-order valence-corrected chi connectivity index (χ2v) is 5.30. The van der Waals surface area contributed by atoms with Crippen molar-refractivity contribution in [2.75, 3.05) is 13.1 Å². The van der Waals surface area contributed by atoms with Crippen molar-refractivity contribution in [1.29, 1.82) is 0 Å². The van der Waals surface area contributed by atoms with E-state index in [4.69, 9.17) is 4.74 Å². The normalized spacial score (nSPS) is 18.7.